The Bertz CT molecular complexity index is 144. The second kappa shape index (κ2) is 8.82. The van der Waals surface area contributed by atoms with E-state index in [0.717, 1.165) is 0 Å². The van der Waals surface area contributed by atoms with Gasteiger partial charge in [0.1, 0.15) is 0 Å². The first-order valence-electron chi connectivity index (χ1n) is 2.41. The van der Waals surface area contributed by atoms with Crippen LogP contribution in [0, 0.1) is 6.92 Å². The molecule has 0 aliphatic rings. The van der Waals surface area contributed by atoms with E-state index in [1.54, 1.807) is 0 Å². The van der Waals surface area contributed by atoms with Crippen molar-refractivity contribution >= 4 is 25.9 Å². The normalized spacial score (nSPS) is 6.10. The molecule has 1 aromatic rings. The smallest absolute Gasteiger partial charge is 0.0398 e. The summed E-state index contributed by atoms with van der Waals surface area (Å²) in [5.41, 5.74) is 1.32. The van der Waals surface area contributed by atoms with Crippen LogP contribution in [0.3, 0.4) is 0 Å². The number of rotatable bonds is 0. The third kappa shape index (κ3) is 5.95. The highest BCUT2D eigenvalue weighted by molar-refractivity contribution is 7.59. The molecule has 0 aliphatic heterocycles. The lowest BCUT2D eigenvalue weighted by molar-refractivity contribution is 0.824. The summed E-state index contributed by atoms with van der Waals surface area (Å²) in [6, 6.07) is 10.3. The van der Waals surface area contributed by atoms with Crippen molar-refractivity contribution in [3.8, 4) is 0 Å². The Morgan fingerprint density at radius 3 is 1.60 bits per heavy atom. The number of hydrogen-bond donors (Lipinski definition) is 0. The molecule has 3 heteroatoms. The zero-order valence-corrected chi connectivity index (χ0v) is 7.61. The molecule has 60 valence electrons. The van der Waals surface area contributed by atoms with Crippen molar-refractivity contribution in [2.24, 2.45) is 0 Å². The van der Waals surface area contributed by atoms with E-state index in [0.29, 0.717) is 0 Å². The van der Waals surface area contributed by atoms with E-state index >= 15 is 0 Å². The number of aryl methyl sites for hydroxylation is 1. The van der Waals surface area contributed by atoms with Gasteiger partial charge in [0.2, 0.25) is 0 Å². The molecular weight excluding hydrogens is 168 g/mol. The summed E-state index contributed by atoms with van der Waals surface area (Å²) in [5.74, 6) is 0. The van der Waals surface area contributed by atoms with Gasteiger partial charge in [0.25, 0.3) is 0 Å². The molecule has 0 aromatic heterocycles. The standard InChI is InChI=1S/C7H8.ClH.H2O.H2S/c1-7-5-3-2-4-6-7;;;/h2-6H,1H3;1H;2*1H2. The first kappa shape index (κ1) is 16.4. The lowest BCUT2D eigenvalue weighted by Gasteiger charge is -1.82. The maximum absolute atomic E-state index is 2.08. The average molecular weight is 181 g/mol. The summed E-state index contributed by atoms with van der Waals surface area (Å²) < 4.78 is 0. The molecule has 0 heterocycles. The monoisotopic (exact) mass is 180 g/mol. The van der Waals surface area contributed by atoms with Gasteiger partial charge < -0.3 is 5.48 Å². The van der Waals surface area contributed by atoms with Crippen LogP contribution < -0.4 is 0 Å². The third-order valence-corrected chi connectivity index (χ3v) is 0.940. The van der Waals surface area contributed by atoms with Crippen molar-refractivity contribution in [2.45, 2.75) is 6.92 Å². The van der Waals surface area contributed by atoms with Crippen LogP contribution in [0.15, 0.2) is 30.3 Å². The predicted molar refractivity (Wildman–Crippen MR) is 52.4 cm³/mol. The van der Waals surface area contributed by atoms with E-state index in [-0.39, 0.29) is 31.4 Å². The Hall–Kier alpha value is -0.180. The molecule has 10 heavy (non-hydrogen) atoms. The molecule has 0 bridgehead atoms. The Morgan fingerprint density at radius 1 is 1.00 bits per heavy atom. The van der Waals surface area contributed by atoms with Crippen LogP contribution in [0.1, 0.15) is 5.56 Å². The Kier molecular flexibility index (Phi) is 14.5. The van der Waals surface area contributed by atoms with Gasteiger partial charge in [-0.15, -0.1) is 12.4 Å². The summed E-state index contributed by atoms with van der Waals surface area (Å²) >= 11 is 0. The summed E-state index contributed by atoms with van der Waals surface area (Å²) in [5, 5.41) is 0. The quantitative estimate of drug-likeness (QED) is 0.582. The first-order chi connectivity index (χ1) is 3.39. The molecule has 0 amide bonds. The minimum absolute atomic E-state index is 0. The van der Waals surface area contributed by atoms with Crippen molar-refractivity contribution in [2.75, 3.05) is 0 Å². The van der Waals surface area contributed by atoms with Gasteiger partial charge in [-0.1, -0.05) is 35.9 Å². The molecule has 0 fully saturated rings. The van der Waals surface area contributed by atoms with Crippen LogP contribution in [-0.4, -0.2) is 5.48 Å². The first-order valence-corrected chi connectivity index (χ1v) is 2.41. The second-order valence-corrected chi connectivity index (χ2v) is 1.65. The van der Waals surface area contributed by atoms with Gasteiger partial charge >= 0.3 is 0 Å². The fourth-order valence-corrected chi connectivity index (χ4v) is 0.534. The van der Waals surface area contributed by atoms with E-state index in [4.69, 9.17) is 0 Å². The molecule has 0 spiro atoms. The third-order valence-electron chi connectivity index (χ3n) is 0.940. The topological polar surface area (TPSA) is 31.5 Å². The van der Waals surface area contributed by atoms with Gasteiger partial charge in [0, 0.05) is 0 Å². The highest BCUT2D eigenvalue weighted by Gasteiger charge is 1.72. The largest absolute Gasteiger partial charge is 0.412 e. The Labute approximate surface area is 74.6 Å². The van der Waals surface area contributed by atoms with Crippen LogP contribution in [0.5, 0.6) is 0 Å². The fourth-order valence-electron chi connectivity index (χ4n) is 0.534. The van der Waals surface area contributed by atoms with E-state index < -0.39 is 0 Å². The molecule has 1 rings (SSSR count). The van der Waals surface area contributed by atoms with E-state index in [9.17, 15) is 0 Å². The van der Waals surface area contributed by atoms with Gasteiger partial charge in [0.15, 0.2) is 0 Å². The van der Waals surface area contributed by atoms with Crippen LogP contribution >= 0.6 is 25.9 Å². The lowest BCUT2D eigenvalue weighted by Crippen LogP contribution is -1.62. The van der Waals surface area contributed by atoms with Crippen molar-refractivity contribution < 1.29 is 5.48 Å². The lowest BCUT2D eigenvalue weighted by atomic mass is 10.2. The molecule has 0 aliphatic carbocycles. The van der Waals surface area contributed by atoms with Crippen molar-refractivity contribution in [1.29, 1.82) is 0 Å². The number of halogens is 1. The minimum Gasteiger partial charge on any atom is -0.412 e. The van der Waals surface area contributed by atoms with E-state index in [2.05, 4.69) is 19.1 Å². The zero-order chi connectivity index (χ0) is 5.11. The van der Waals surface area contributed by atoms with Crippen molar-refractivity contribution in [1.82, 2.24) is 0 Å². The predicted octanol–water partition coefficient (Wildman–Crippen LogP) is 1.70. The highest BCUT2D eigenvalue weighted by atomic mass is 35.5. The molecule has 0 radical (unpaired) electrons. The minimum atomic E-state index is 0. The fraction of sp³-hybridized carbons (Fsp3) is 0.143. The molecule has 0 saturated heterocycles. The van der Waals surface area contributed by atoms with E-state index in [1.807, 2.05) is 18.2 Å². The molecule has 1 nitrogen and oxygen atoms in total. The van der Waals surface area contributed by atoms with Crippen LogP contribution in [0.4, 0.5) is 0 Å². The average Bonchev–Trinajstić information content (AvgIpc) is 1.69. The van der Waals surface area contributed by atoms with Gasteiger partial charge in [-0.3, -0.25) is 0 Å². The van der Waals surface area contributed by atoms with Crippen LogP contribution in [0.2, 0.25) is 0 Å². The molecular formula is C7H13ClOS. The Balaban J connectivity index is -0.000000163. The summed E-state index contributed by atoms with van der Waals surface area (Å²) in [6.45, 7) is 2.08. The molecule has 0 unspecified atom stereocenters. The van der Waals surface area contributed by atoms with Gasteiger partial charge in [0.05, 0.1) is 0 Å². The number of hydrogen-bond acceptors (Lipinski definition) is 0. The SMILES string of the molecule is Cc1ccccc1.Cl.O.S. The summed E-state index contributed by atoms with van der Waals surface area (Å²) in [4.78, 5) is 0. The molecule has 0 saturated carbocycles. The summed E-state index contributed by atoms with van der Waals surface area (Å²) in [7, 11) is 0. The number of benzene rings is 1. The van der Waals surface area contributed by atoms with Crippen molar-refractivity contribution in [3.05, 3.63) is 35.9 Å². The van der Waals surface area contributed by atoms with E-state index in [1.165, 1.54) is 5.56 Å². The van der Waals surface area contributed by atoms with Gasteiger partial charge in [-0.25, -0.2) is 0 Å². The Morgan fingerprint density at radius 2 is 1.40 bits per heavy atom. The van der Waals surface area contributed by atoms with Crippen molar-refractivity contribution in [3.63, 3.8) is 0 Å². The maximum Gasteiger partial charge on any atom is -0.0398 e. The maximum atomic E-state index is 2.08. The second-order valence-electron chi connectivity index (χ2n) is 1.65. The molecule has 0 atom stereocenters. The molecule has 2 N–H and O–H groups in total. The van der Waals surface area contributed by atoms with Gasteiger partial charge in [-0.05, 0) is 6.92 Å². The zero-order valence-electron chi connectivity index (χ0n) is 5.79. The van der Waals surface area contributed by atoms with Crippen LogP contribution in [-0.2, 0) is 0 Å². The van der Waals surface area contributed by atoms with Gasteiger partial charge in [-0.2, -0.15) is 13.5 Å². The summed E-state index contributed by atoms with van der Waals surface area (Å²) in [6.07, 6.45) is 0. The molecule has 1 aromatic carbocycles. The highest BCUT2D eigenvalue weighted by Crippen LogP contribution is 1.92. The van der Waals surface area contributed by atoms with Crippen LogP contribution in [0.25, 0.3) is 0 Å².